The maximum absolute atomic E-state index is 11.3. The van der Waals surface area contributed by atoms with Gasteiger partial charge in [0.05, 0.1) is 5.92 Å². The molecule has 23 heavy (non-hydrogen) atoms. The number of guanidine groups is 1. The predicted molar refractivity (Wildman–Crippen MR) is 105 cm³/mol. The van der Waals surface area contributed by atoms with Crippen molar-refractivity contribution in [2.75, 3.05) is 39.3 Å². The van der Waals surface area contributed by atoms with Crippen molar-refractivity contribution in [3.63, 3.8) is 0 Å². The first-order chi connectivity index (χ1) is 10.6. The second kappa shape index (κ2) is 10.3. The number of nitrogens with zero attached hydrogens (tertiary/aromatic N) is 3. The normalized spacial score (nSPS) is 24.3. The van der Waals surface area contributed by atoms with E-state index >= 15 is 0 Å². The molecule has 1 amide bonds. The van der Waals surface area contributed by atoms with E-state index in [1.54, 1.807) is 0 Å². The summed E-state index contributed by atoms with van der Waals surface area (Å²) in [6.45, 7) is 7.95. The molecule has 0 spiro atoms. The molecule has 0 aromatic rings. The highest BCUT2D eigenvalue weighted by atomic mass is 127. The molecule has 7 heteroatoms. The number of carbonyl (C=O) groups excluding carboxylic acids is 1. The van der Waals surface area contributed by atoms with Gasteiger partial charge < -0.3 is 21.3 Å². The molecular weight excluding hydrogens is 405 g/mol. The third kappa shape index (κ3) is 6.82. The van der Waals surface area contributed by atoms with Crippen LogP contribution in [-0.2, 0) is 4.79 Å². The fourth-order valence-corrected chi connectivity index (χ4v) is 3.32. The number of aliphatic imine (C=N–C) groups is 1. The van der Waals surface area contributed by atoms with Crippen molar-refractivity contribution in [3.8, 4) is 0 Å². The van der Waals surface area contributed by atoms with Gasteiger partial charge in [-0.15, -0.1) is 24.0 Å². The monoisotopic (exact) mass is 437 g/mol. The second-order valence-electron chi connectivity index (χ2n) is 6.81. The maximum Gasteiger partial charge on any atom is 0.221 e. The lowest BCUT2D eigenvalue weighted by Crippen LogP contribution is -2.43. The smallest absolute Gasteiger partial charge is 0.221 e. The molecule has 2 fully saturated rings. The van der Waals surface area contributed by atoms with Gasteiger partial charge in [-0.1, -0.05) is 6.92 Å². The number of carbonyl (C=O) groups is 1. The van der Waals surface area contributed by atoms with Crippen LogP contribution in [0.15, 0.2) is 4.99 Å². The zero-order valence-corrected chi connectivity index (χ0v) is 16.6. The third-order valence-corrected chi connectivity index (χ3v) is 4.92. The van der Waals surface area contributed by atoms with Gasteiger partial charge in [0.1, 0.15) is 0 Å². The number of piperidine rings is 2. The van der Waals surface area contributed by atoms with Crippen molar-refractivity contribution in [2.45, 2.75) is 39.0 Å². The second-order valence-corrected chi connectivity index (χ2v) is 6.81. The molecule has 0 saturated carbocycles. The van der Waals surface area contributed by atoms with Crippen molar-refractivity contribution in [2.24, 2.45) is 28.3 Å². The first-order valence-electron chi connectivity index (χ1n) is 8.63. The van der Waals surface area contributed by atoms with E-state index in [2.05, 4.69) is 21.7 Å². The zero-order chi connectivity index (χ0) is 15.9. The van der Waals surface area contributed by atoms with E-state index in [0.717, 1.165) is 64.4 Å². The Balaban J connectivity index is 0.00000264. The van der Waals surface area contributed by atoms with Crippen LogP contribution in [0.5, 0.6) is 0 Å². The number of rotatable bonds is 5. The lowest BCUT2D eigenvalue weighted by Gasteiger charge is -2.31. The molecule has 2 aliphatic rings. The van der Waals surface area contributed by atoms with Crippen molar-refractivity contribution in [1.82, 2.24) is 9.80 Å². The van der Waals surface area contributed by atoms with E-state index in [-0.39, 0.29) is 35.8 Å². The highest BCUT2D eigenvalue weighted by molar-refractivity contribution is 14.0. The number of primary amides is 1. The standard InChI is InChI=1S/C16H31N5O.HI/c1-13-5-10-21(11-6-13)16(18)19-7-3-9-20-8-2-4-14(12-20)15(17)22;/h13-14H,2-12H2,1H3,(H2,17,22)(H2,18,19);1H. The molecule has 0 aromatic heterocycles. The Morgan fingerprint density at radius 1 is 1.17 bits per heavy atom. The topological polar surface area (TPSA) is 87.9 Å². The largest absolute Gasteiger partial charge is 0.370 e. The summed E-state index contributed by atoms with van der Waals surface area (Å²) < 4.78 is 0. The molecule has 0 aliphatic carbocycles. The molecule has 0 bridgehead atoms. The Morgan fingerprint density at radius 3 is 2.52 bits per heavy atom. The average Bonchev–Trinajstić information content (AvgIpc) is 2.52. The lowest BCUT2D eigenvalue weighted by molar-refractivity contribution is -0.123. The van der Waals surface area contributed by atoms with Crippen molar-refractivity contribution in [1.29, 1.82) is 0 Å². The molecule has 2 aliphatic heterocycles. The van der Waals surface area contributed by atoms with Crippen LogP contribution in [0.4, 0.5) is 0 Å². The molecule has 0 aromatic carbocycles. The number of hydrogen-bond acceptors (Lipinski definition) is 3. The Kier molecular flexibility index (Phi) is 9.19. The Hall–Kier alpha value is -0.570. The van der Waals surface area contributed by atoms with Crippen molar-refractivity contribution < 1.29 is 4.79 Å². The van der Waals surface area contributed by atoms with Gasteiger partial charge >= 0.3 is 0 Å². The molecule has 4 N–H and O–H groups in total. The van der Waals surface area contributed by atoms with Crippen LogP contribution in [0.1, 0.15) is 39.0 Å². The minimum atomic E-state index is -0.161. The number of halogens is 1. The molecule has 2 rings (SSSR count). The highest BCUT2D eigenvalue weighted by Crippen LogP contribution is 2.17. The van der Waals surface area contributed by atoms with Gasteiger partial charge in [0.2, 0.25) is 5.91 Å². The number of hydrogen-bond donors (Lipinski definition) is 2. The number of nitrogens with two attached hydrogens (primary N) is 2. The van der Waals surface area contributed by atoms with Crippen molar-refractivity contribution in [3.05, 3.63) is 0 Å². The average molecular weight is 437 g/mol. The summed E-state index contributed by atoms with van der Waals surface area (Å²) in [4.78, 5) is 20.3. The quantitative estimate of drug-likeness (QED) is 0.293. The Morgan fingerprint density at radius 2 is 1.87 bits per heavy atom. The molecule has 0 radical (unpaired) electrons. The summed E-state index contributed by atoms with van der Waals surface area (Å²) in [5.74, 6) is 1.37. The number of amides is 1. The first kappa shape index (κ1) is 20.5. The van der Waals surface area contributed by atoms with E-state index in [1.807, 2.05) is 0 Å². The van der Waals surface area contributed by atoms with Crippen LogP contribution >= 0.6 is 24.0 Å². The summed E-state index contributed by atoms with van der Waals surface area (Å²) in [5.41, 5.74) is 11.5. The van der Waals surface area contributed by atoms with Crippen LogP contribution in [-0.4, -0.2) is 60.9 Å². The fraction of sp³-hybridized carbons (Fsp3) is 0.875. The Labute approximate surface area is 157 Å². The summed E-state index contributed by atoms with van der Waals surface area (Å²) >= 11 is 0. The van der Waals surface area contributed by atoms with Crippen LogP contribution < -0.4 is 11.5 Å². The maximum atomic E-state index is 11.3. The predicted octanol–water partition coefficient (Wildman–Crippen LogP) is 1.24. The molecule has 1 unspecified atom stereocenters. The number of likely N-dealkylation sites (tertiary alicyclic amines) is 2. The van der Waals surface area contributed by atoms with Gasteiger partial charge in [-0.25, -0.2) is 0 Å². The molecule has 2 heterocycles. The molecule has 2 saturated heterocycles. The van der Waals surface area contributed by atoms with Gasteiger partial charge in [0, 0.05) is 26.2 Å². The van der Waals surface area contributed by atoms with Gasteiger partial charge in [0.15, 0.2) is 5.96 Å². The molecular formula is C16H32IN5O. The minimum absolute atomic E-state index is 0. The van der Waals surface area contributed by atoms with Crippen molar-refractivity contribution >= 4 is 35.8 Å². The van der Waals surface area contributed by atoms with Gasteiger partial charge in [-0.05, 0) is 51.1 Å². The van der Waals surface area contributed by atoms with Crippen LogP contribution in [0, 0.1) is 11.8 Å². The van der Waals surface area contributed by atoms with Gasteiger partial charge in [0.25, 0.3) is 0 Å². The summed E-state index contributed by atoms with van der Waals surface area (Å²) in [6, 6.07) is 0. The minimum Gasteiger partial charge on any atom is -0.370 e. The van der Waals surface area contributed by atoms with E-state index in [4.69, 9.17) is 11.5 Å². The van der Waals surface area contributed by atoms with Crippen LogP contribution in [0.2, 0.25) is 0 Å². The zero-order valence-electron chi connectivity index (χ0n) is 14.2. The van der Waals surface area contributed by atoms with E-state index in [1.165, 1.54) is 12.8 Å². The SMILES string of the molecule is CC1CCN(C(N)=NCCCN2CCCC(C(N)=O)C2)CC1.I. The Bertz CT molecular complexity index is 396. The first-order valence-corrected chi connectivity index (χ1v) is 8.63. The lowest BCUT2D eigenvalue weighted by atomic mass is 9.97. The molecule has 6 nitrogen and oxygen atoms in total. The van der Waals surface area contributed by atoms with E-state index in [9.17, 15) is 4.79 Å². The van der Waals surface area contributed by atoms with E-state index in [0.29, 0.717) is 5.96 Å². The third-order valence-electron chi connectivity index (χ3n) is 4.92. The fourth-order valence-electron chi connectivity index (χ4n) is 3.32. The summed E-state index contributed by atoms with van der Waals surface area (Å²) in [6.07, 6.45) is 5.39. The summed E-state index contributed by atoms with van der Waals surface area (Å²) in [5, 5.41) is 0. The van der Waals surface area contributed by atoms with E-state index < -0.39 is 0 Å². The van der Waals surface area contributed by atoms with Crippen LogP contribution in [0.25, 0.3) is 0 Å². The summed E-state index contributed by atoms with van der Waals surface area (Å²) in [7, 11) is 0. The van der Waals surface area contributed by atoms with Gasteiger partial charge in [-0.2, -0.15) is 0 Å². The van der Waals surface area contributed by atoms with Crippen LogP contribution in [0.3, 0.4) is 0 Å². The highest BCUT2D eigenvalue weighted by Gasteiger charge is 2.23. The van der Waals surface area contributed by atoms with Gasteiger partial charge in [-0.3, -0.25) is 9.79 Å². The molecule has 1 atom stereocenters. The molecule has 134 valence electrons.